The van der Waals surface area contributed by atoms with Crippen molar-refractivity contribution in [3.8, 4) is 0 Å². The highest BCUT2D eigenvalue weighted by atomic mass is 35.5. The summed E-state index contributed by atoms with van der Waals surface area (Å²) >= 11 is 5.85. The van der Waals surface area contributed by atoms with Crippen LogP contribution >= 0.6 is 11.6 Å². The van der Waals surface area contributed by atoms with Gasteiger partial charge < -0.3 is 4.90 Å². The molecule has 2 fully saturated rings. The molecule has 8 nitrogen and oxygen atoms in total. The van der Waals surface area contributed by atoms with Gasteiger partial charge in [-0.1, -0.05) is 11.6 Å². The lowest BCUT2D eigenvalue weighted by molar-refractivity contribution is 0.0608. The maximum atomic E-state index is 14.1. The van der Waals surface area contributed by atoms with Crippen molar-refractivity contribution in [2.24, 2.45) is 0 Å². The van der Waals surface area contributed by atoms with Crippen molar-refractivity contribution < 1.29 is 17.6 Å². The van der Waals surface area contributed by atoms with Crippen molar-refractivity contribution in [1.29, 1.82) is 0 Å². The third kappa shape index (κ3) is 2.78. The Bertz CT molecular complexity index is 938. The van der Waals surface area contributed by atoms with E-state index >= 15 is 0 Å². The second-order valence-electron chi connectivity index (χ2n) is 6.36. The Morgan fingerprint density at radius 2 is 1.96 bits per heavy atom. The first-order valence-corrected chi connectivity index (χ1v) is 9.83. The second-order valence-corrected chi connectivity index (χ2v) is 8.61. The van der Waals surface area contributed by atoms with Crippen LogP contribution in [0.1, 0.15) is 23.3 Å². The van der Waals surface area contributed by atoms with Gasteiger partial charge >= 0.3 is 0 Å². The number of benzene rings is 1. The molecule has 1 amide bonds. The SMILES string of the molecule is O=C(c1cn[nH]n1)N1CC2CCC(C1)N2S(=O)(=O)c1cc(Cl)ccc1F. The number of halogens is 2. The molecule has 3 heterocycles. The van der Waals surface area contributed by atoms with Crippen molar-refractivity contribution in [3.63, 3.8) is 0 Å². The molecule has 2 aliphatic rings. The summed E-state index contributed by atoms with van der Waals surface area (Å²) in [6.07, 6.45) is 2.54. The number of aromatic amines is 1. The zero-order valence-corrected chi connectivity index (χ0v) is 15.0. The summed E-state index contributed by atoms with van der Waals surface area (Å²) in [6.45, 7) is 0.452. The van der Waals surface area contributed by atoms with Gasteiger partial charge in [-0.05, 0) is 31.0 Å². The lowest BCUT2D eigenvalue weighted by Crippen LogP contribution is -2.57. The van der Waals surface area contributed by atoms with E-state index in [0.29, 0.717) is 12.8 Å². The summed E-state index contributed by atoms with van der Waals surface area (Å²) in [5, 5.41) is 9.93. The molecule has 1 N–H and O–H groups in total. The van der Waals surface area contributed by atoms with Crippen LogP contribution in [0.4, 0.5) is 4.39 Å². The van der Waals surface area contributed by atoms with Crippen LogP contribution in [0, 0.1) is 5.82 Å². The predicted octanol–water partition coefficient (Wildman–Crippen LogP) is 1.27. The molecule has 2 aliphatic heterocycles. The van der Waals surface area contributed by atoms with Gasteiger partial charge in [0.1, 0.15) is 10.7 Å². The standard InChI is InChI=1S/C15H15ClFN5O3S/c16-9-1-4-12(17)14(5-9)26(24,25)22-10-2-3-11(22)8-21(7-10)15(23)13-6-18-20-19-13/h1,4-6,10-11H,2-3,7-8H2,(H,18,19,20). The molecule has 0 spiro atoms. The van der Waals surface area contributed by atoms with Crippen LogP contribution in [0.15, 0.2) is 29.3 Å². The summed E-state index contributed by atoms with van der Waals surface area (Å²) in [5.41, 5.74) is 0.182. The van der Waals surface area contributed by atoms with E-state index in [2.05, 4.69) is 15.4 Å². The summed E-state index contributed by atoms with van der Waals surface area (Å²) in [4.78, 5) is 13.6. The van der Waals surface area contributed by atoms with Gasteiger partial charge in [-0.15, -0.1) is 0 Å². The molecule has 1 aromatic carbocycles. The van der Waals surface area contributed by atoms with Crippen LogP contribution in [0.3, 0.4) is 0 Å². The first-order chi connectivity index (χ1) is 12.4. The number of likely N-dealkylation sites (tertiary alicyclic amines) is 1. The monoisotopic (exact) mass is 399 g/mol. The Labute approximate surface area is 154 Å². The fraction of sp³-hybridized carbons (Fsp3) is 0.400. The third-order valence-corrected chi connectivity index (χ3v) is 7.04. The van der Waals surface area contributed by atoms with Gasteiger partial charge in [0.15, 0.2) is 5.69 Å². The van der Waals surface area contributed by atoms with E-state index in [1.807, 2.05) is 0 Å². The topological polar surface area (TPSA) is 99.3 Å². The Kier molecular flexibility index (Phi) is 4.20. The number of fused-ring (bicyclic) bond motifs is 2. The van der Waals surface area contributed by atoms with Gasteiger partial charge in [-0.25, -0.2) is 12.8 Å². The Hall–Kier alpha value is -2.04. The molecule has 4 rings (SSSR count). The fourth-order valence-corrected chi connectivity index (χ4v) is 5.86. The number of carbonyl (C=O) groups is 1. The molecule has 2 atom stereocenters. The normalized spacial score (nSPS) is 23.4. The van der Waals surface area contributed by atoms with Crippen LogP contribution in [-0.2, 0) is 10.0 Å². The highest BCUT2D eigenvalue weighted by Gasteiger charge is 2.48. The molecule has 2 unspecified atom stereocenters. The van der Waals surface area contributed by atoms with Gasteiger partial charge in [0.25, 0.3) is 5.91 Å². The predicted molar refractivity (Wildman–Crippen MR) is 89.5 cm³/mol. The average Bonchev–Trinajstić information content (AvgIpc) is 3.23. The molecule has 2 saturated heterocycles. The summed E-state index contributed by atoms with van der Waals surface area (Å²) in [7, 11) is -4.05. The van der Waals surface area contributed by atoms with Gasteiger partial charge in [0.2, 0.25) is 10.0 Å². The zero-order chi connectivity index (χ0) is 18.5. The maximum Gasteiger partial charge on any atom is 0.276 e. The maximum absolute atomic E-state index is 14.1. The van der Waals surface area contributed by atoms with Crippen LogP contribution in [0.2, 0.25) is 5.02 Å². The van der Waals surface area contributed by atoms with Crippen molar-refractivity contribution in [1.82, 2.24) is 24.6 Å². The van der Waals surface area contributed by atoms with Crippen molar-refractivity contribution >= 4 is 27.5 Å². The Morgan fingerprint density at radius 3 is 2.58 bits per heavy atom. The minimum Gasteiger partial charge on any atom is -0.334 e. The van der Waals surface area contributed by atoms with Crippen molar-refractivity contribution in [2.45, 2.75) is 29.8 Å². The molecule has 138 valence electrons. The number of amides is 1. The van der Waals surface area contributed by atoms with Crippen LogP contribution < -0.4 is 0 Å². The van der Waals surface area contributed by atoms with Crippen molar-refractivity contribution in [2.75, 3.05) is 13.1 Å². The van der Waals surface area contributed by atoms with Crippen LogP contribution in [0.25, 0.3) is 0 Å². The highest BCUT2D eigenvalue weighted by molar-refractivity contribution is 7.89. The number of aromatic nitrogens is 3. The Morgan fingerprint density at radius 1 is 1.27 bits per heavy atom. The van der Waals surface area contributed by atoms with E-state index in [1.54, 1.807) is 4.90 Å². The molecule has 26 heavy (non-hydrogen) atoms. The summed E-state index contributed by atoms with van der Waals surface area (Å²) < 4.78 is 41.5. The van der Waals surface area contributed by atoms with Gasteiger partial charge in [-0.2, -0.15) is 19.7 Å². The van der Waals surface area contributed by atoms with Crippen LogP contribution in [0.5, 0.6) is 0 Å². The molecule has 0 saturated carbocycles. The quantitative estimate of drug-likeness (QED) is 0.838. The number of hydrogen-bond donors (Lipinski definition) is 1. The van der Waals surface area contributed by atoms with E-state index < -0.39 is 32.8 Å². The van der Waals surface area contributed by atoms with E-state index in [1.165, 1.54) is 16.6 Å². The largest absolute Gasteiger partial charge is 0.334 e. The van der Waals surface area contributed by atoms with E-state index in [9.17, 15) is 17.6 Å². The van der Waals surface area contributed by atoms with Gasteiger partial charge in [0.05, 0.1) is 6.20 Å². The molecular weight excluding hydrogens is 385 g/mol. The number of hydrogen-bond acceptors (Lipinski definition) is 5. The fourth-order valence-electron chi connectivity index (χ4n) is 3.68. The highest BCUT2D eigenvalue weighted by Crippen LogP contribution is 2.36. The minimum absolute atomic E-state index is 0.150. The van der Waals surface area contributed by atoms with Gasteiger partial charge in [-0.3, -0.25) is 4.79 Å². The minimum atomic E-state index is -4.05. The van der Waals surface area contributed by atoms with Crippen LogP contribution in [-0.4, -0.2) is 64.1 Å². The first kappa shape index (κ1) is 17.4. The average molecular weight is 400 g/mol. The molecule has 2 aromatic rings. The number of carbonyl (C=O) groups excluding carboxylic acids is 1. The molecule has 11 heteroatoms. The summed E-state index contributed by atoms with van der Waals surface area (Å²) in [5.74, 6) is -1.14. The van der Waals surface area contributed by atoms with E-state index in [-0.39, 0.29) is 29.7 Å². The summed E-state index contributed by atoms with van der Waals surface area (Å²) in [6, 6.07) is 2.65. The smallest absolute Gasteiger partial charge is 0.276 e. The number of rotatable bonds is 3. The lowest BCUT2D eigenvalue weighted by Gasteiger charge is -2.39. The van der Waals surface area contributed by atoms with Gasteiger partial charge in [0, 0.05) is 30.2 Å². The molecule has 0 radical (unpaired) electrons. The molecule has 0 aliphatic carbocycles. The van der Waals surface area contributed by atoms with E-state index in [4.69, 9.17) is 11.6 Å². The molecular formula is C15H15ClFN5O3S. The first-order valence-electron chi connectivity index (χ1n) is 8.01. The number of nitrogens with zero attached hydrogens (tertiary/aromatic N) is 4. The number of sulfonamides is 1. The zero-order valence-electron chi connectivity index (χ0n) is 13.5. The number of nitrogens with one attached hydrogen (secondary N) is 1. The second kappa shape index (κ2) is 6.29. The number of piperazine rings is 1. The molecule has 2 bridgehead atoms. The van der Waals surface area contributed by atoms with E-state index in [0.717, 1.165) is 12.1 Å². The number of H-pyrrole nitrogens is 1. The Balaban J connectivity index is 1.62. The third-order valence-electron chi connectivity index (χ3n) is 4.79. The van der Waals surface area contributed by atoms with Crippen molar-refractivity contribution in [3.05, 3.63) is 40.9 Å². The lowest BCUT2D eigenvalue weighted by atomic mass is 10.2. The molecule has 1 aromatic heterocycles.